The topological polar surface area (TPSA) is 113 Å². The summed E-state index contributed by atoms with van der Waals surface area (Å²) in [6, 6.07) is 0. The highest BCUT2D eigenvalue weighted by Crippen LogP contribution is 2.72. The van der Waals surface area contributed by atoms with Crippen LogP contribution in [0.2, 0.25) is 0 Å². The number of cyclic esters (lactones) is 1. The normalized spacial score (nSPS) is 51.4. The lowest BCUT2D eigenvalue weighted by molar-refractivity contribution is -0.232. The van der Waals surface area contributed by atoms with E-state index in [1.54, 1.807) is 25.2 Å². The fourth-order valence-corrected chi connectivity index (χ4v) is 7.29. The summed E-state index contributed by atoms with van der Waals surface area (Å²) in [4.78, 5) is 26.0. The van der Waals surface area contributed by atoms with Crippen LogP contribution in [-0.4, -0.2) is 78.8 Å². The Labute approximate surface area is 222 Å². The molecule has 0 radical (unpaired) electrons. The molecule has 6 aliphatic rings. The van der Waals surface area contributed by atoms with E-state index in [2.05, 4.69) is 19.9 Å². The first-order valence-corrected chi connectivity index (χ1v) is 13.5. The molecule has 0 aromatic heterocycles. The highest BCUT2D eigenvalue weighted by atomic mass is 16.7. The van der Waals surface area contributed by atoms with Gasteiger partial charge in [-0.15, -0.1) is 0 Å². The zero-order chi connectivity index (χ0) is 26.9. The number of esters is 2. The number of carbonyl (C=O) groups is 2. The molecule has 206 valence electrons. The van der Waals surface area contributed by atoms with Gasteiger partial charge in [-0.1, -0.05) is 36.8 Å². The Morgan fingerprint density at radius 3 is 2.58 bits per heavy atom. The maximum absolute atomic E-state index is 13.1. The number of fused-ring (bicyclic) bond motifs is 2. The first kappa shape index (κ1) is 26.0. The van der Waals surface area contributed by atoms with E-state index in [9.17, 15) is 14.7 Å². The summed E-state index contributed by atoms with van der Waals surface area (Å²) in [7, 11) is 0. The number of aliphatic hydroxyl groups is 1. The molecule has 2 spiro atoms. The summed E-state index contributed by atoms with van der Waals surface area (Å²) >= 11 is 0. The Kier molecular flexibility index (Phi) is 6.23. The molecule has 10 atom stereocenters. The standard InChI is InChI=1S/C29H36O9/c1-16-9-10-28-14-33-24(31)12-17(2)25(32)26-35-18(3)19(36-26)7-5-6-8-23(30)38-20-13-22(37-21(28)11-16)29(15-34-29)27(20,28)4/h5-8,11-12,18-22,25-26,32H,9-10,13-15H2,1-4H3/b7-5-,8-6-,17-12-/t18?,19?,20-,21-,22-,25?,26?,27-,28-,29?/m1/s1. The zero-order valence-electron chi connectivity index (χ0n) is 22.3. The van der Waals surface area contributed by atoms with Crippen LogP contribution in [0.3, 0.4) is 0 Å². The van der Waals surface area contributed by atoms with Crippen molar-refractivity contribution in [1.29, 1.82) is 0 Å². The zero-order valence-corrected chi connectivity index (χ0v) is 22.3. The second kappa shape index (κ2) is 9.13. The first-order chi connectivity index (χ1) is 18.1. The monoisotopic (exact) mass is 528 g/mol. The van der Waals surface area contributed by atoms with Gasteiger partial charge in [0.25, 0.3) is 0 Å². The number of aliphatic hydroxyl groups excluding tert-OH is 1. The minimum atomic E-state index is -1.14. The SMILES string of the molecule is CC1=C[C@H]2O[C@@H]3C[C@H]4OC(=O)/C=C\C=C/C5OC(OC5C)C(O)/C(C)=C\C(=O)OC[C@@]2(CC1)[C@]4(C)C31CO1. The van der Waals surface area contributed by atoms with Gasteiger partial charge in [-0.25, -0.2) is 9.59 Å². The summed E-state index contributed by atoms with van der Waals surface area (Å²) in [6.45, 7) is 8.24. The lowest BCUT2D eigenvalue weighted by atomic mass is 9.51. The van der Waals surface area contributed by atoms with Gasteiger partial charge in [0, 0.05) is 24.0 Å². The Morgan fingerprint density at radius 2 is 1.82 bits per heavy atom. The maximum Gasteiger partial charge on any atom is 0.331 e. The first-order valence-electron chi connectivity index (χ1n) is 13.5. The van der Waals surface area contributed by atoms with E-state index in [4.69, 9.17) is 28.4 Å². The third kappa shape index (κ3) is 3.78. The predicted octanol–water partition coefficient (Wildman–Crippen LogP) is 2.68. The van der Waals surface area contributed by atoms with Crippen LogP contribution in [0.4, 0.5) is 0 Å². The molecule has 1 saturated carbocycles. The summed E-state index contributed by atoms with van der Waals surface area (Å²) in [5.74, 6) is -1.03. The molecule has 0 aromatic carbocycles. The smallest absolute Gasteiger partial charge is 0.331 e. The van der Waals surface area contributed by atoms with Crippen LogP contribution in [0.1, 0.15) is 47.0 Å². The van der Waals surface area contributed by atoms with Gasteiger partial charge >= 0.3 is 11.9 Å². The van der Waals surface area contributed by atoms with E-state index in [0.717, 1.165) is 6.42 Å². The van der Waals surface area contributed by atoms with E-state index in [0.29, 0.717) is 25.0 Å². The minimum absolute atomic E-state index is 0.0661. The summed E-state index contributed by atoms with van der Waals surface area (Å²) < 4.78 is 36.4. The predicted molar refractivity (Wildman–Crippen MR) is 134 cm³/mol. The lowest BCUT2D eigenvalue weighted by Crippen LogP contribution is -2.66. The Balaban J connectivity index is 1.39. The van der Waals surface area contributed by atoms with Gasteiger partial charge in [0.05, 0.1) is 30.3 Å². The molecule has 38 heavy (non-hydrogen) atoms. The van der Waals surface area contributed by atoms with Crippen LogP contribution < -0.4 is 0 Å². The van der Waals surface area contributed by atoms with Gasteiger partial charge in [0.15, 0.2) is 6.29 Å². The van der Waals surface area contributed by atoms with Crippen molar-refractivity contribution in [3.8, 4) is 0 Å². The maximum atomic E-state index is 13.1. The van der Waals surface area contributed by atoms with Gasteiger partial charge in [-0.2, -0.15) is 0 Å². The molecular weight excluding hydrogens is 492 g/mol. The van der Waals surface area contributed by atoms with Crippen LogP contribution in [0, 0.1) is 10.8 Å². The van der Waals surface area contributed by atoms with E-state index < -0.39 is 53.0 Å². The molecule has 4 fully saturated rings. The summed E-state index contributed by atoms with van der Waals surface area (Å²) in [6.07, 6.45) is 8.09. The number of epoxide rings is 1. The number of hydrogen-bond acceptors (Lipinski definition) is 9. The Bertz CT molecular complexity index is 1130. The fraction of sp³-hybridized carbons (Fsp3) is 0.655. The number of ether oxygens (including phenoxy) is 6. The van der Waals surface area contributed by atoms with Crippen LogP contribution in [0.25, 0.3) is 0 Å². The van der Waals surface area contributed by atoms with Crippen LogP contribution >= 0.6 is 0 Å². The Hall–Kier alpha value is -2.30. The highest BCUT2D eigenvalue weighted by Gasteiger charge is 2.83. The van der Waals surface area contributed by atoms with Gasteiger partial charge < -0.3 is 33.5 Å². The van der Waals surface area contributed by atoms with Crippen LogP contribution in [0.5, 0.6) is 0 Å². The minimum Gasteiger partial charge on any atom is -0.462 e. The van der Waals surface area contributed by atoms with Crippen LogP contribution in [-0.2, 0) is 38.0 Å². The molecule has 1 N–H and O–H groups in total. The van der Waals surface area contributed by atoms with Crippen molar-refractivity contribution in [2.45, 2.75) is 95.5 Å². The quantitative estimate of drug-likeness (QED) is 0.288. The van der Waals surface area contributed by atoms with E-state index in [1.165, 1.54) is 17.7 Å². The number of allylic oxidation sites excluding steroid dienone is 3. The molecule has 4 aliphatic heterocycles. The van der Waals surface area contributed by atoms with Crippen molar-refractivity contribution in [2.24, 2.45) is 10.8 Å². The molecule has 5 unspecified atom stereocenters. The molecule has 4 heterocycles. The van der Waals surface area contributed by atoms with Gasteiger partial charge in [0.2, 0.25) is 0 Å². The average molecular weight is 529 g/mol. The van der Waals surface area contributed by atoms with Crippen molar-refractivity contribution < 1.29 is 43.1 Å². The summed E-state index contributed by atoms with van der Waals surface area (Å²) in [5.41, 5.74) is -0.284. The van der Waals surface area contributed by atoms with Crippen molar-refractivity contribution in [2.75, 3.05) is 13.2 Å². The van der Waals surface area contributed by atoms with Gasteiger partial charge in [0.1, 0.15) is 30.5 Å². The fourth-order valence-electron chi connectivity index (χ4n) is 7.29. The van der Waals surface area contributed by atoms with E-state index in [1.807, 2.05) is 6.92 Å². The number of hydrogen-bond donors (Lipinski definition) is 1. The van der Waals surface area contributed by atoms with E-state index >= 15 is 0 Å². The molecular formula is C29H36O9. The van der Waals surface area contributed by atoms with Crippen LogP contribution in [0.15, 0.2) is 47.6 Å². The molecule has 4 bridgehead atoms. The third-order valence-electron chi connectivity index (χ3n) is 9.76. The molecule has 3 saturated heterocycles. The number of carbonyl (C=O) groups excluding carboxylic acids is 2. The molecule has 9 heteroatoms. The molecule has 0 amide bonds. The lowest BCUT2D eigenvalue weighted by Gasteiger charge is -2.58. The largest absolute Gasteiger partial charge is 0.462 e. The average Bonchev–Trinajstić information content (AvgIpc) is 3.57. The highest BCUT2D eigenvalue weighted by molar-refractivity contribution is 5.83. The summed E-state index contributed by atoms with van der Waals surface area (Å²) in [5, 5.41) is 10.8. The van der Waals surface area contributed by atoms with Gasteiger partial charge in [-0.3, -0.25) is 0 Å². The third-order valence-corrected chi connectivity index (χ3v) is 9.76. The molecule has 6 rings (SSSR count). The number of rotatable bonds is 0. The molecule has 2 aliphatic carbocycles. The van der Waals surface area contributed by atoms with Gasteiger partial charge in [-0.05, 0) is 39.2 Å². The molecule has 9 nitrogen and oxygen atoms in total. The van der Waals surface area contributed by atoms with Crippen molar-refractivity contribution in [1.82, 2.24) is 0 Å². The molecule has 0 aromatic rings. The van der Waals surface area contributed by atoms with E-state index in [-0.39, 0.29) is 24.9 Å². The van der Waals surface area contributed by atoms with Crippen molar-refractivity contribution >= 4 is 11.9 Å². The second-order valence-corrected chi connectivity index (χ2v) is 11.8. The Morgan fingerprint density at radius 1 is 1.03 bits per heavy atom. The van der Waals surface area contributed by atoms with Crippen molar-refractivity contribution in [3.05, 3.63) is 47.6 Å². The second-order valence-electron chi connectivity index (χ2n) is 11.8. The van der Waals surface area contributed by atoms with Crippen molar-refractivity contribution in [3.63, 3.8) is 0 Å².